The summed E-state index contributed by atoms with van der Waals surface area (Å²) in [6, 6.07) is 12.3. The number of carbonyl (C=O) groups is 1. The van der Waals surface area contributed by atoms with Crippen LogP contribution in [0, 0.1) is 0 Å². The van der Waals surface area contributed by atoms with Crippen molar-refractivity contribution < 1.29 is 4.79 Å². The number of hydrogen-bond donors (Lipinski definition) is 1. The second kappa shape index (κ2) is 6.86. The predicted octanol–water partition coefficient (Wildman–Crippen LogP) is 4.49. The van der Waals surface area contributed by atoms with Gasteiger partial charge in [-0.15, -0.1) is 0 Å². The van der Waals surface area contributed by atoms with Crippen molar-refractivity contribution in [3.63, 3.8) is 0 Å². The fourth-order valence-electron chi connectivity index (χ4n) is 2.14. The van der Waals surface area contributed by atoms with E-state index in [0.29, 0.717) is 27.8 Å². The Morgan fingerprint density at radius 3 is 2.57 bits per heavy atom. The van der Waals surface area contributed by atoms with Gasteiger partial charge in [0, 0.05) is 29.5 Å². The molecular formula is C17H13Cl2N3O. The Hall–Kier alpha value is -2.30. The van der Waals surface area contributed by atoms with Gasteiger partial charge in [0.25, 0.3) is 5.91 Å². The molecule has 0 unspecified atom stereocenters. The van der Waals surface area contributed by atoms with E-state index in [-0.39, 0.29) is 5.91 Å². The van der Waals surface area contributed by atoms with Gasteiger partial charge in [-0.25, -0.2) is 4.98 Å². The lowest BCUT2D eigenvalue weighted by Crippen LogP contribution is -2.12. The topological polar surface area (TPSA) is 46.9 Å². The third-order valence-electron chi connectivity index (χ3n) is 3.32. The zero-order valence-corrected chi connectivity index (χ0v) is 13.6. The molecule has 0 spiro atoms. The molecule has 4 nitrogen and oxygen atoms in total. The Morgan fingerprint density at radius 1 is 1.13 bits per heavy atom. The number of nitrogens with zero attached hydrogens (tertiary/aromatic N) is 2. The average molecular weight is 346 g/mol. The van der Waals surface area contributed by atoms with Crippen molar-refractivity contribution in [1.29, 1.82) is 0 Å². The van der Waals surface area contributed by atoms with Crippen LogP contribution in [0.5, 0.6) is 0 Å². The maximum absolute atomic E-state index is 12.3. The van der Waals surface area contributed by atoms with Crippen LogP contribution in [0.2, 0.25) is 10.0 Å². The smallest absolute Gasteiger partial charge is 0.255 e. The highest BCUT2D eigenvalue weighted by molar-refractivity contribution is 6.36. The summed E-state index contributed by atoms with van der Waals surface area (Å²) in [7, 11) is 0. The van der Waals surface area contributed by atoms with E-state index in [2.05, 4.69) is 10.3 Å². The van der Waals surface area contributed by atoms with Gasteiger partial charge in [0.05, 0.1) is 17.0 Å². The second-order valence-electron chi connectivity index (χ2n) is 5.01. The maximum atomic E-state index is 12.3. The summed E-state index contributed by atoms with van der Waals surface area (Å²) >= 11 is 11.9. The number of nitrogens with one attached hydrogen (secondary N) is 1. The molecule has 0 saturated heterocycles. The fourth-order valence-corrected chi connectivity index (χ4v) is 2.59. The minimum absolute atomic E-state index is 0.219. The molecule has 0 saturated carbocycles. The molecule has 2 aromatic carbocycles. The third kappa shape index (κ3) is 3.92. The molecule has 3 rings (SSSR count). The Bertz CT molecular complexity index is 814. The van der Waals surface area contributed by atoms with Crippen molar-refractivity contribution in [2.75, 3.05) is 5.32 Å². The molecule has 6 heteroatoms. The number of halogens is 2. The van der Waals surface area contributed by atoms with E-state index in [0.717, 1.165) is 5.56 Å². The molecule has 0 radical (unpaired) electrons. The number of hydrogen-bond acceptors (Lipinski definition) is 2. The fraction of sp³-hybridized carbons (Fsp3) is 0.0588. The van der Waals surface area contributed by atoms with Crippen molar-refractivity contribution in [1.82, 2.24) is 9.55 Å². The number of anilines is 1. The largest absolute Gasteiger partial charge is 0.333 e. The Balaban J connectivity index is 1.70. The van der Waals surface area contributed by atoms with Gasteiger partial charge in [0.2, 0.25) is 0 Å². The molecule has 0 aliphatic rings. The first-order valence-corrected chi connectivity index (χ1v) is 7.68. The van der Waals surface area contributed by atoms with Crippen LogP contribution in [0.25, 0.3) is 0 Å². The van der Waals surface area contributed by atoms with E-state index in [1.165, 1.54) is 0 Å². The lowest BCUT2D eigenvalue weighted by Gasteiger charge is -2.08. The van der Waals surface area contributed by atoms with Crippen LogP contribution in [0.1, 0.15) is 15.9 Å². The molecule has 1 amide bonds. The van der Waals surface area contributed by atoms with E-state index < -0.39 is 0 Å². The van der Waals surface area contributed by atoms with Gasteiger partial charge < -0.3 is 9.88 Å². The van der Waals surface area contributed by atoms with Gasteiger partial charge in [-0.3, -0.25) is 4.79 Å². The second-order valence-corrected chi connectivity index (χ2v) is 5.85. The molecule has 23 heavy (non-hydrogen) atoms. The third-order valence-corrected chi connectivity index (χ3v) is 3.87. The Labute approximate surface area is 143 Å². The van der Waals surface area contributed by atoms with Crippen LogP contribution >= 0.6 is 23.2 Å². The molecule has 0 bridgehead atoms. The number of amides is 1. The highest BCUT2D eigenvalue weighted by Gasteiger charge is 2.09. The number of carbonyl (C=O) groups excluding carboxylic acids is 1. The van der Waals surface area contributed by atoms with Crippen LogP contribution in [0.4, 0.5) is 5.69 Å². The van der Waals surface area contributed by atoms with E-state index in [4.69, 9.17) is 23.2 Å². The Morgan fingerprint density at radius 2 is 1.91 bits per heavy atom. The van der Waals surface area contributed by atoms with Gasteiger partial charge >= 0.3 is 0 Å². The lowest BCUT2D eigenvalue weighted by molar-refractivity contribution is 0.102. The summed E-state index contributed by atoms with van der Waals surface area (Å²) in [6.07, 6.45) is 5.38. The van der Waals surface area contributed by atoms with Crippen LogP contribution in [0.3, 0.4) is 0 Å². The van der Waals surface area contributed by atoms with Crippen molar-refractivity contribution >= 4 is 34.8 Å². The van der Waals surface area contributed by atoms with Gasteiger partial charge in [-0.1, -0.05) is 35.3 Å². The zero-order valence-electron chi connectivity index (χ0n) is 12.0. The molecule has 0 aliphatic carbocycles. The first kappa shape index (κ1) is 15.6. The van der Waals surface area contributed by atoms with Crippen LogP contribution in [-0.4, -0.2) is 15.5 Å². The van der Waals surface area contributed by atoms with E-state index >= 15 is 0 Å². The average Bonchev–Trinajstić information content (AvgIpc) is 3.04. The molecule has 116 valence electrons. The van der Waals surface area contributed by atoms with Crippen molar-refractivity contribution in [3.8, 4) is 0 Å². The molecule has 3 aromatic rings. The summed E-state index contributed by atoms with van der Waals surface area (Å²) in [4.78, 5) is 16.3. The summed E-state index contributed by atoms with van der Waals surface area (Å²) < 4.78 is 1.96. The van der Waals surface area contributed by atoms with Gasteiger partial charge in [-0.05, 0) is 35.9 Å². The van der Waals surface area contributed by atoms with Gasteiger partial charge in [0.15, 0.2) is 0 Å². The Kier molecular flexibility index (Phi) is 4.65. The lowest BCUT2D eigenvalue weighted by atomic mass is 10.1. The molecule has 1 aromatic heterocycles. The summed E-state index contributed by atoms with van der Waals surface area (Å²) in [5, 5.41) is 3.70. The van der Waals surface area contributed by atoms with Crippen molar-refractivity contribution in [3.05, 3.63) is 82.4 Å². The molecule has 1 heterocycles. The monoisotopic (exact) mass is 345 g/mol. The minimum atomic E-state index is -0.219. The van der Waals surface area contributed by atoms with Crippen molar-refractivity contribution in [2.45, 2.75) is 6.54 Å². The summed E-state index contributed by atoms with van der Waals surface area (Å²) in [5.41, 5.74) is 2.18. The van der Waals surface area contributed by atoms with Crippen LogP contribution in [-0.2, 0) is 6.54 Å². The number of aromatic nitrogens is 2. The number of benzene rings is 2. The quantitative estimate of drug-likeness (QED) is 0.757. The molecule has 0 aliphatic heterocycles. The molecule has 0 atom stereocenters. The summed E-state index contributed by atoms with van der Waals surface area (Å²) in [5.74, 6) is -0.219. The minimum Gasteiger partial charge on any atom is -0.333 e. The van der Waals surface area contributed by atoms with Crippen LogP contribution in [0.15, 0.2) is 61.2 Å². The summed E-state index contributed by atoms with van der Waals surface area (Å²) in [6.45, 7) is 0.713. The first-order valence-electron chi connectivity index (χ1n) is 6.93. The normalized spacial score (nSPS) is 10.5. The van der Waals surface area contributed by atoms with Crippen molar-refractivity contribution in [2.24, 2.45) is 0 Å². The van der Waals surface area contributed by atoms with Gasteiger partial charge in [-0.2, -0.15) is 0 Å². The first-order chi connectivity index (χ1) is 11.1. The SMILES string of the molecule is O=C(Nc1ccc(Cl)cc1Cl)c1ccc(Cn2ccnc2)cc1. The zero-order chi connectivity index (χ0) is 16.2. The highest BCUT2D eigenvalue weighted by Crippen LogP contribution is 2.25. The van der Waals surface area contributed by atoms with E-state index in [1.807, 2.05) is 22.9 Å². The van der Waals surface area contributed by atoms with E-state index in [9.17, 15) is 4.79 Å². The standard InChI is InChI=1S/C17H13Cl2N3O/c18-14-5-6-16(15(19)9-14)21-17(23)13-3-1-12(2-4-13)10-22-8-7-20-11-22/h1-9,11H,10H2,(H,21,23). The number of rotatable bonds is 4. The maximum Gasteiger partial charge on any atom is 0.255 e. The molecular weight excluding hydrogens is 333 g/mol. The van der Waals surface area contributed by atoms with Crippen LogP contribution < -0.4 is 5.32 Å². The highest BCUT2D eigenvalue weighted by atomic mass is 35.5. The van der Waals surface area contributed by atoms with Gasteiger partial charge in [0.1, 0.15) is 0 Å². The molecule has 1 N–H and O–H groups in total. The number of imidazole rings is 1. The van der Waals surface area contributed by atoms with E-state index in [1.54, 1.807) is 42.9 Å². The predicted molar refractivity (Wildman–Crippen MR) is 92.2 cm³/mol. The molecule has 0 fully saturated rings.